The summed E-state index contributed by atoms with van der Waals surface area (Å²) in [5.41, 5.74) is 1.49. The van der Waals surface area contributed by atoms with Crippen molar-refractivity contribution in [3.8, 4) is 0 Å². The van der Waals surface area contributed by atoms with Gasteiger partial charge in [-0.1, -0.05) is 0 Å². The summed E-state index contributed by atoms with van der Waals surface area (Å²) in [4.78, 5) is 29.5. The third kappa shape index (κ3) is 4.75. The molecule has 0 aliphatic heterocycles. The number of hydrogen-bond acceptors (Lipinski definition) is 5. The second kappa shape index (κ2) is 7.76. The van der Waals surface area contributed by atoms with Crippen LogP contribution in [0.2, 0.25) is 0 Å². The van der Waals surface area contributed by atoms with Gasteiger partial charge in [-0.25, -0.2) is 4.79 Å². The number of aromatic nitrogens is 2. The Morgan fingerprint density at radius 2 is 2.20 bits per heavy atom. The van der Waals surface area contributed by atoms with Crippen molar-refractivity contribution in [2.75, 3.05) is 20.3 Å². The maximum Gasteiger partial charge on any atom is 0.345 e. The number of carbonyl (C=O) groups is 1. The third-order valence-electron chi connectivity index (χ3n) is 3.00. The molecule has 0 aliphatic carbocycles. The third-order valence-corrected chi connectivity index (χ3v) is 3.00. The van der Waals surface area contributed by atoms with Crippen LogP contribution in [0.5, 0.6) is 0 Å². The molecule has 0 spiro atoms. The standard InChI is InChI=1S/C13H21N3O4/c1-8-11(9(2)15-13(19)14-8)6-12(18)16-10(4-5-17)7-20-3/h10,17H,4-7H2,1-3H3,(H,16,18)(H,14,15,19). The SMILES string of the molecule is COCC(CCO)NC(=O)Cc1c(C)nc(=O)[nH]c1C. The summed E-state index contributed by atoms with van der Waals surface area (Å²) in [6, 6.07) is -0.228. The molecule has 0 aromatic carbocycles. The van der Waals surface area contributed by atoms with Crippen LogP contribution in [-0.2, 0) is 16.0 Å². The minimum absolute atomic E-state index is 0.0213. The number of ether oxygens (including phenoxy) is 1. The van der Waals surface area contributed by atoms with Gasteiger partial charge in [-0.15, -0.1) is 0 Å². The van der Waals surface area contributed by atoms with Gasteiger partial charge in [0.05, 0.1) is 19.1 Å². The van der Waals surface area contributed by atoms with Crippen molar-refractivity contribution in [3.05, 3.63) is 27.4 Å². The zero-order chi connectivity index (χ0) is 15.1. The lowest BCUT2D eigenvalue weighted by atomic mass is 10.1. The first-order valence-corrected chi connectivity index (χ1v) is 6.43. The van der Waals surface area contributed by atoms with Crippen LogP contribution in [0.3, 0.4) is 0 Å². The first-order valence-electron chi connectivity index (χ1n) is 6.43. The normalized spacial score (nSPS) is 12.2. The maximum absolute atomic E-state index is 12.0. The van der Waals surface area contributed by atoms with Crippen LogP contribution < -0.4 is 11.0 Å². The molecule has 20 heavy (non-hydrogen) atoms. The minimum atomic E-state index is -0.415. The molecular weight excluding hydrogens is 262 g/mol. The van der Waals surface area contributed by atoms with Crippen molar-refractivity contribution in [3.63, 3.8) is 0 Å². The molecule has 1 aromatic rings. The number of aliphatic hydroxyl groups excluding tert-OH is 1. The molecule has 1 atom stereocenters. The maximum atomic E-state index is 12.0. The Morgan fingerprint density at radius 1 is 1.50 bits per heavy atom. The van der Waals surface area contributed by atoms with Gasteiger partial charge < -0.3 is 20.1 Å². The number of aliphatic hydroxyl groups is 1. The van der Waals surface area contributed by atoms with Gasteiger partial charge in [0.15, 0.2) is 0 Å². The smallest absolute Gasteiger partial charge is 0.345 e. The fourth-order valence-corrected chi connectivity index (χ4v) is 2.01. The summed E-state index contributed by atoms with van der Waals surface area (Å²) < 4.78 is 4.99. The average molecular weight is 283 g/mol. The van der Waals surface area contributed by atoms with Gasteiger partial charge in [-0.3, -0.25) is 4.79 Å². The monoisotopic (exact) mass is 283 g/mol. The highest BCUT2D eigenvalue weighted by Crippen LogP contribution is 2.07. The van der Waals surface area contributed by atoms with Gasteiger partial charge >= 0.3 is 5.69 Å². The number of nitrogens with zero attached hydrogens (tertiary/aromatic N) is 1. The highest BCUT2D eigenvalue weighted by atomic mass is 16.5. The molecular formula is C13H21N3O4. The predicted octanol–water partition coefficient (Wildman–Crippen LogP) is -0.557. The van der Waals surface area contributed by atoms with E-state index in [0.717, 1.165) is 0 Å². The zero-order valence-corrected chi connectivity index (χ0v) is 12.0. The van der Waals surface area contributed by atoms with Crippen molar-refractivity contribution in [2.24, 2.45) is 0 Å². The molecule has 0 aliphatic rings. The summed E-state index contributed by atoms with van der Waals surface area (Å²) in [5.74, 6) is -0.194. The number of amides is 1. The predicted molar refractivity (Wildman–Crippen MR) is 73.5 cm³/mol. The fourth-order valence-electron chi connectivity index (χ4n) is 2.01. The van der Waals surface area contributed by atoms with E-state index in [9.17, 15) is 9.59 Å². The highest BCUT2D eigenvalue weighted by Gasteiger charge is 2.15. The Bertz CT molecular complexity index is 481. The molecule has 112 valence electrons. The van der Waals surface area contributed by atoms with E-state index in [-0.39, 0.29) is 25.0 Å². The number of carbonyl (C=O) groups excluding carboxylic acids is 1. The highest BCUT2D eigenvalue weighted by molar-refractivity contribution is 5.79. The van der Waals surface area contributed by atoms with E-state index < -0.39 is 5.69 Å². The minimum Gasteiger partial charge on any atom is -0.396 e. The molecule has 0 bridgehead atoms. The molecule has 1 unspecified atom stereocenters. The molecule has 0 radical (unpaired) electrons. The van der Waals surface area contributed by atoms with E-state index in [0.29, 0.717) is 30.0 Å². The Kier molecular flexibility index (Phi) is 6.33. The molecule has 0 saturated heterocycles. The van der Waals surface area contributed by atoms with Crippen LogP contribution in [0, 0.1) is 13.8 Å². The Morgan fingerprint density at radius 3 is 2.75 bits per heavy atom. The molecule has 1 heterocycles. The van der Waals surface area contributed by atoms with E-state index in [1.807, 2.05) is 0 Å². The van der Waals surface area contributed by atoms with E-state index in [4.69, 9.17) is 9.84 Å². The lowest BCUT2D eigenvalue weighted by Crippen LogP contribution is -2.39. The topological polar surface area (TPSA) is 104 Å². The molecule has 3 N–H and O–H groups in total. The average Bonchev–Trinajstić information content (AvgIpc) is 2.34. The summed E-state index contributed by atoms with van der Waals surface area (Å²) in [6.07, 6.45) is 0.564. The van der Waals surface area contributed by atoms with Crippen LogP contribution in [0.4, 0.5) is 0 Å². The van der Waals surface area contributed by atoms with E-state index in [2.05, 4.69) is 15.3 Å². The van der Waals surface area contributed by atoms with Gasteiger partial charge in [0.1, 0.15) is 0 Å². The summed E-state index contributed by atoms with van der Waals surface area (Å²) in [7, 11) is 1.54. The Hall–Kier alpha value is -1.73. The van der Waals surface area contributed by atoms with Crippen LogP contribution in [0.15, 0.2) is 4.79 Å². The number of methoxy groups -OCH3 is 1. The molecule has 7 heteroatoms. The number of H-pyrrole nitrogens is 1. The second-order valence-corrected chi connectivity index (χ2v) is 4.64. The zero-order valence-electron chi connectivity index (χ0n) is 12.0. The molecule has 1 rings (SSSR count). The van der Waals surface area contributed by atoms with E-state index in [1.54, 1.807) is 13.8 Å². The van der Waals surface area contributed by atoms with Gasteiger partial charge in [0, 0.05) is 30.7 Å². The second-order valence-electron chi connectivity index (χ2n) is 4.64. The molecule has 1 aromatic heterocycles. The lowest BCUT2D eigenvalue weighted by molar-refractivity contribution is -0.121. The molecule has 1 amide bonds. The largest absolute Gasteiger partial charge is 0.396 e. The summed E-state index contributed by atoms with van der Waals surface area (Å²) >= 11 is 0. The first-order chi connectivity index (χ1) is 9.47. The number of hydrogen-bond donors (Lipinski definition) is 3. The van der Waals surface area contributed by atoms with Crippen molar-refractivity contribution < 1.29 is 14.6 Å². The first kappa shape index (κ1) is 16.3. The van der Waals surface area contributed by atoms with Crippen molar-refractivity contribution in [1.82, 2.24) is 15.3 Å². The number of rotatable bonds is 7. The molecule has 0 saturated carbocycles. The summed E-state index contributed by atoms with van der Waals surface area (Å²) in [5, 5.41) is 11.7. The Labute approximate surface area is 117 Å². The Balaban J connectivity index is 2.73. The van der Waals surface area contributed by atoms with Crippen molar-refractivity contribution >= 4 is 5.91 Å². The van der Waals surface area contributed by atoms with Crippen LogP contribution in [0.25, 0.3) is 0 Å². The van der Waals surface area contributed by atoms with Gasteiger partial charge in [0.25, 0.3) is 0 Å². The quantitative estimate of drug-likeness (QED) is 0.622. The van der Waals surface area contributed by atoms with Crippen LogP contribution >= 0.6 is 0 Å². The van der Waals surface area contributed by atoms with E-state index >= 15 is 0 Å². The molecule has 0 fully saturated rings. The van der Waals surface area contributed by atoms with Crippen molar-refractivity contribution in [1.29, 1.82) is 0 Å². The van der Waals surface area contributed by atoms with Crippen LogP contribution in [-0.4, -0.2) is 47.3 Å². The number of aryl methyl sites for hydroxylation is 2. The van der Waals surface area contributed by atoms with E-state index in [1.165, 1.54) is 7.11 Å². The van der Waals surface area contributed by atoms with Gasteiger partial charge in [-0.05, 0) is 20.3 Å². The molecule has 7 nitrogen and oxygen atoms in total. The fraction of sp³-hybridized carbons (Fsp3) is 0.615. The lowest BCUT2D eigenvalue weighted by Gasteiger charge is -2.17. The van der Waals surface area contributed by atoms with Crippen LogP contribution in [0.1, 0.15) is 23.4 Å². The number of nitrogens with one attached hydrogen (secondary N) is 2. The van der Waals surface area contributed by atoms with Gasteiger partial charge in [-0.2, -0.15) is 4.98 Å². The van der Waals surface area contributed by atoms with Gasteiger partial charge in [0.2, 0.25) is 5.91 Å². The summed E-state index contributed by atoms with van der Waals surface area (Å²) in [6.45, 7) is 3.75. The van der Waals surface area contributed by atoms with Crippen molar-refractivity contribution in [2.45, 2.75) is 32.7 Å². The number of aromatic amines is 1.